The lowest BCUT2D eigenvalue weighted by Gasteiger charge is -2.49. The minimum absolute atomic E-state index is 0.143. The molecule has 5 aromatic rings. The van der Waals surface area contributed by atoms with Gasteiger partial charge in [-0.2, -0.15) is 4.98 Å². The maximum absolute atomic E-state index is 13.5. The van der Waals surface area contributed by atoms with Gasteiger partial charge in [-0.1, -0.05) is 32.9 Å². The maximum Gasteiger partial charge on any atom is 0.278 e. The van der Waals surface area contributed by atoms with Gasteiger partial charge in [0.15, 0.2) is 11.5 Å². The second-order valence-corrected chi connectivity index (χ2v) is 16.3. The fourth-order valence-electron chi connectivity index (χ4n) is 9.53. The number of carbonyl (C=O) groups excluding carboxylic acids is 3. The van der Waals surface area contributed by atoms with Crippen molar-refractivity contribution in [3.8, 4) is 5.82 Å². The number of pyridine rings is 1. The van der Waals surface area contributed by atoms with E-state index in [2.05, 4.69) is 68.1 Å². The Morgan fingerprint density at radius 2 is 1.64 bits per heavy atom. The first-order valence-corrected chi connectivity index (χ1v) is 21.7. The smallest absolute Gasteiger partial charge is 0.278 e. The molecule has 316 valence electrons. The summed E-state index contributed by atoms with van der Waals surface area (Å²) < 4.78 is 3.42. The van der Waals surface area contributed by atoms with Crippen molar-refractivity contribution in [3.63, 3.8) is 0 Å². The molecular weight excluding hydrogens is 771 g/mol. The summed E-state index contributed by atoms with van der Waals surface area (Å²) in [5.41, 5.74) is 7.38. The number of nitrogens with one attached hydrogen (secondary N) is 2. The van der Waals surface area contributed by atoms with E-state index in [9.17, 15) is 19.2 Å². The highest BCUT2D eigenvalue weighted by Gasteiger charge is 2.40. The Morgan fingerprint density at radius 1 is 0.869 bits per heavy atom. The molecule has 3 fully saturated rings. The zero-order chi connectivity index (χ0) is 42.4. The Hall–Kier alpha value is -6.35. The van der Waals surface area contributed by atoms with Crippen LogP contribution in [0.2, 0.25) is 0 Å². The van der Waals surface area contributed by atoms with Crippen LogP contribution in [0.5, 0.6) is 0 Å². The number of anilines is 4. The number of hydrogen-bond donors (Lipinski definition) is 2. The van der Waals surface area contributed by atoms with Gasteiger partial charge in [-0.05, 0) is 85.3 Å². The third kappa shape index (κ3) is 7.34. The number of piperazine rings is 1. The van der Waals surface area contributed by atoms with Gasteiger partial charge in [-0.3, -0.25) is 29.4 Å². The number of benzene rings is 2. The van der Waals surface area contributed by atoms with Gasteiger partial charge in [-0.25, -0.2) is 19.3 Å². The van der Waals surface area contributed by atoms with Gasteiger partial charge in [0, 0.05) is 98.7 Å². The van der Waals surface area contributed by atoms with Crippen molar-refractivity contribution in [2.24, 2.45) is 0 Å². The number of aryl methyl sites for hydroxylation is 1. The molecule has 2 atom stereocenters. The number of piperidine rings is 1. The third-order valence-electron chi connectivity index (χ3n) is 12.9. The van der Waals surface area contributed by atoms with Gasteiger partial charge in [0.2, 0.25) is 17.8 Å². The molecule has 15 heteroatoms. The average molecular weight is 824 g/mol. The first-order valence-electron chi connectivity index (χ1n) is 21.7. The van der Waals surface area contributed by atoms with Gasteiger partial charge in [0.1, 0.15) is 11.4 Å². The van der Waals surface area contributed by atoms with Crippen molar-refractivity contribution in [1.29, 1.82) is 0 Å². The number of carbonyl (C=O) groups is 3. The van der Waals surface area contributed by atoms with Crippen LogP contribution < -0.4 is 26.0 Å². The molecule has 0 spiro atoms. The molecule has 4 aliphatic heterocycles. The number of fused-ring (bicyclic) bond motifs is 3. The molecule has 3 amide bonds. The number of hydrogen-bond acceptors (Lipinski definition) is 11. The highest BCUT2D eigenvalue weighted by Crippen LogP contribution is 2.35. The standard InChI is InChI=1S/C44H47N11O4.C2H6/c1-3-17-54-43(59)35-23-45-44(49-40(35)55(54)37-15-7-28-6-5-27(4-2)39(28)47-37)46-30-8-10-31(11-9-30)52-25-33(26-52)51-20-18-50(19-21-51)32-12-13-34-29(22-32)24-53(42(34)58)36-14-16-38(56)48-41(36)57;1-2/h3,7-13,15,22-23,27,33,36H,1,4-6,14,16-21,24-26H2,2H3,(H,45,46,49)(H,48,56,57);1-2H3. The van der Waals surface area contributed by atoms with Crippen molar-refractivity contribution >= 4 is 51.8 Å². The second-order valence-electron chi connectivity index (χ2n) is 16.3. The minimum Gasteiger partial charge on any atom is -0.369 e. The van der Waals surface area contributed by atoms with Gasteiger partial charge in [0.25, 0.3) is 11.5 Å². The van der Waals surface area contributed by atoms with E-state index < -0.39 is 6.04 Å². The molecule has 15 nitrogen and oxygen atoms in total. The summed E-state index contributed by atoms with van der Waals surface area (Å²) in [4.78, 5) is 74.1. The van der Waals surface area contributed by atoms with Crippen LogP contribution >= 0.6 is 0 Å². The Balaban J connectivity index is 0.00000235. The van der Waals surface area contributed by atoms with Crippen molar-refractivity contribution in [1.82, 2.24) is 39.4 Å². The molecule has 5 aliphatic rings. The van der Waals surface area contributed by atoms with E-state index in [0.29, 0.717) is 59.8 Å². The van der Waals surface area contributed by atoms with Crippen LogP contribution in [0.4, 0.5) is 23.0 Å². The number of imide groups is 1. The summed E-state index contributed by atoms with van der Waals surface area (Å²) in [7, 11) is 0. The predicted molar refractivity (Wildman–Crippen MR) is 236 cm³/mol. The molecule has 10 rings (SSSR count). The lowest BCUT2D eigenvalue weighted by Crippen LogP contribution is -2.63. The summed E-state index contributed by atoms with van der Waals surface area (Å²) in [6.07, 6.45) is 7.06. The topological polar surface area (TPSA) is 154 Å². The number of amides is 3. The van der Waals surface area contributed by atoms with Crippen LogP contribution in [0, 0.1) is 0 Å². The molecule has 2 N–H and O–H groups in total. The zero-order valence-corrected chi connectivity index (χ0v) is 35.1. The summed E-state index contributed by atoms with van der Waals surface area (Å²) >= 11 is 0. The molecule has 0 radical (unpaired) electrons. The van der Waals surface area contributed by atoms with Crippen LogP contribution in [0.1, 0.15) is 79.6 Å². The molecule has 2 aromatic carbocycles. The fraction of sp³-hybridized carbons (Fsp3) is 0.413. The summed E-state index contributed by atoms with van der Waals surface area (Å²) in [5.74, 6) is 0.670. The SMILES string of the molecule is C=CCn1c(=O)c2cnc(Nc3ccc(N4CC(N5CCN(c6ccc7c(c6)CN(C6CCC(=O)NC6=O)C7=O)CC5)C4)cc3)nc2n1-c1ccc2c(n1)C(CC)CC2.CC. The lowest BCUT2D eigenvalue weighted by atomic mass is 10.0. The van der Waals surface area contributed by atoms with Crippen molar-refractivity contribution < 1.29 is 14.4 Å². The highest BCUT2D eigenvalue weighted by molar-refractivity contribution is 6.05. The fourth-order valence-corrected chi connectivity index (χ4v) is 9.53. The molecule has 0 bridgehead atoms. The van der Waals surface area contributed by atoms with Crippen molar-refractivity contribution in [2.75, 3.05) is 54.4 Å². The van der Waals surface area contributed by atoms with Crippen LogP contribution in [0.15, 0.2) is 78.2 Å². The lowest BCUT2D eigenvalue weighted by molar-refractivity contribution is -0.136. The molecule has 7 heterocycles. The van der Waals surface area contributed by atoms with Crippen LogP contribution in [0.3, 0.4) is 0 Å². The number of allylic oxidation sites excluding steroid dienone is 1. The van der Waals surface area contributed by atoms with E-state index in [4.69, 9.17) is 9.97 Å². The first kappa shape index (κ1) is 40.1. The van der Waals surface area contributed by atoms with E-state index in [1.165, 1.54) is 5.56 Å². The van der Waals surface area contributed by atoms with E-state index in [1.807, 2.05) is 44.2 Å². The molecule has 1 aliphatic carbocycles. The third-order valence-corrected chi connectivity index (χ3v) is 12.9. The van der Waals surface area contributed by atoms with E-state index in [1.54, 1.807) is 26.5 Å². The summed E-state index contributed by atoms with van der Waals surface area (Å²) in [6, 6.07) is 18.3. The van der Waals surface area contributed by atoms with Gasteiger partial charge < -0.3 is 20.0 Å². The van der Waals surface area contributed by atoms with Crippen LogP contribution in [-0.2, 0) is 29.1 Å². The van der Waals surface area contributed by atoms with Crippen molar-refractivity contribution in [2.45, 2.75) is 84.0 Å². The average Bonchev–Trinajstić information content (AvgIpc) is 3.92. The van der Waals surface area contributed by atoms with Crippen LogP contribution in [0.25, 0.3) is 16.9 Å². The second kappa shape index (κ2) is 16.6. The summed E-state index contributed by atoms with van der Waals surface area (Å²) in [5, 5.41) is 6.15. The van der Waals surface area contributed by atoms with E-state index >= 15 is 0 Å². The van der Waals surface area contributed by atoms with Gasteiger partial charge in [0.05, 0.1) is 6.54 Å². The molecule has 0 saturated carbocycles. The quantitative estimate of drug-likeness (QED) is 0.142. The predicted octanol–water partition coefficient (Wildman–Crippen LogP) is 5.14. The molecule has 2 unspecified atom stereocenters. The Morgan fingerprint density at radius 3 is 2.38 bits per heavy atom. The molecule has 61 heavy (non-hydrogen) atoms. The Kier molecular flexibility index (Phi) is 10.9. The number of nitrogens with zero attached hydrogens (tertiary/aromatic N) is 9. The van der Waals surface area contributed by atoms with Crippen molar-refractivity contribution in [3.05, 3.63) is 106 Å². The minimum atomic E-state index is -0.607. The highest BCUT2D eigenvalue weighted by atomic mass is 16.2. The normalized spacial score (nSPS) is 20.2. The Bertz CT molecular complexity index is 2570. The monoisotopic (exact) mass is 823 g/mol. The largest absolute Gasteiger partial charge is 0.369 e. The molecular formula is C46H53N11O4. The summed E-state index contributed by atoms with van der Waals surface area (Å²) in [6.45, 7) is 16.4. The van der Waals surface area contributed by atoms with E-state index in [-0.39, 0.29) is 29.7 Å². The Labute approximate surface area is 355 Å². The van der Waals surface area contributed by atoms with Crippen LogP contribution in [-0.4, -0.2) is 103 Å². The van der Waals surface area contributed by atoms with Gasteiger partial charge >= 0.3 is 0 Å². The molecule has 3 saturated heterocycles. The maximum atomic E-state index is 13.5. The molecule has 3 aromatic heterocycles. The number of aromatic nitrogens is 5. The zero-order valence-electron chi connectivity index (χ0n) is 35.1. The number of rotatable bonds is 10. The van der Waals surface area contributed by atoms with E-state index in [0.717, 1.165) is 86.9 Å². The first-order chi connectivity index (χ1) is 29.8. The van der Waals surface area contributed by atoms with Gasteiger partial charge in [-0.15, -0.1) is 6.58 Å².